The van der Waals surface area contributed by atoms with E-state index in [1.807, 2.05) is 18.4 Å². The summed E-state index contributed by atoms with van der Waals surface area (Å²) in [6, 6.07) is 8.90. The number of hydrogen-bond acceptors (Lipinski definition) is 4. The van der Waals surface area contributed by atoms with Crippen molar-refractivity contribution in [1.82, 2.24) is 0 Å². The molecule has 0 saturated heterocycles. The molecule has 1 atom stereocenters. The summed E-state index contributed by atoms with van der Waals surface area (Å²) in [5.41, 5.74) is 7.87. The number of nitrogens with one attached hydrogen (secondary N) is 1. The molecule has 1 heterocycles. The van der Waals surface area contributed by atoms with E-state index in [0.717, 1.165) is 5.56 Å². The largest absolute Gasteiger partial charge is 0.398 e. The van der Waals surface area contributed by atoms with Crippen LogP contribution in [0.1, 0.15) is 5.56 Å². The predicted octanol–water partition coefficient (Wildman–Crippen LogP) is 2.39. The summed E-state index contributed by atoms with van der Waals surface area (Å²) in [4.78, 5) is 11.8. The van der Waals surface area contributed by atoms with Crippen LogP contribution in [-0.2, 0) is 15.6 Å². The van der Waals surface area contributed by atoms with Gasteiger partial charge in [-0.1, -0.05) is 12.1 Å². The van der Waals surface area contributed by atoms with Crippen LogP contribution in [0.5, 0.6) is 0 Å². The Balaban J connectivity index is 2.02. The Morgan fingerprint density at radius 3 is 2.84 bits per heavy atom. The van der Waals surface area contributed by atoms with Crippen molar-refractivity contribution in [3.8, 4) is 0 Å². The molecule has 0 spiro atoms. The smallest absolute Gasteiger partial charge is 0.237 e. The topological polar surface area (TPSA) is 72.2 Å². The van der Waals surface area contributed by atoms with Crippen LogP contribution in [0.4, 0.5) is 11.4 Å². The van der Waals surface area contributed by atoms with E-state index in [-0.39, 0.29) is 11.7 Å². The normalized spacial score (nSPS) is 12.1. The van der Waals surface area contributed by atoms with Gasteiger partial charge in [0.15, 0.2) is 0 Å². The summed E-state index contributed by atoms with van der Waals surface area (Å²) in [5, 5.41) is 4.58. The van der Waals surface area contributed by atoms with E-state index in [1.54, 1.807) is 24.3 Å². The highest BCUT2D eigenvalue weighted by Gasteiger charge is 2.12. The van der Waals surface area contributed by atoms with Gasteiger partial charge in [0.05, 0.1) is 15.0 Å². The molecule has 19 heavy (non-hydrogen) atoms. The van der Waals surface area contributed by atoms with Crippen molar-refractivity contribution in [2.45, 2.75) is 11.1 Å². The van der Waals surface area contributed by atoms with Crippen LogP contribution in [0.2, 0.25) is 0 Å². The Hall–Kier alpha value is -1.66. The molecule has 6 heteroatoms. The molecule has 2 rings (SSSR count). The van der Waals surface area contributed by atoms with Crippen molar-refractivity contribution in [1.29, 1.82) is 0 Å². The van der Waals surface area contributed by atoms with E-state index >= 15 is 0 Å². The molecule has 1 unspecified atom stereocenters. The second-order valence-electron chi connectivity index (χ2n) is 3.99. The second kappa shape index (κ2) is 5.99. The van der Waals surface area contributed by atoms with Crippen molar-refractivity contribution in [2.24, 2.45) is 0 Å². The zero-order valence-corrected chi connectivity index (χ0v) is 12.0. The van der Waals surface area contributed by atoms with Crippen molar-refractivity contribution < 1.29 is 9.00 Å². The maximum absolute atomic E-state index is 11.9. The number of carbonyl (C=O) groups is 1. The van der Waals surface area contributed by atoms with Crippen LogP contribution >= 0.6 is 11.3 Å². The van der Waals surface area contributed by atoms with E-state index in [9.17, 15) is 9.00 Å². The van der Waals surface area contributed by atoms with Crippen molar-refractivity contribution >= 4 is 39.4 Å². The fourth-order valence-corrected chi connectivity index (χ4v) is 3.46. The molecule has 4 nitrogen and oxygen atoms in total. The van der Waals surface area contributed by atoms with E-state index in [4.69, 9.17) is 5.73 Å². The summed E-state index contributed by atoms with van der Waals surface area (Å²) >= 11 is 1.38. The maximum atomic E-state index is 11.9. The highest BCUT2D eigenvalue weighted by atomic mass is 32.2. The molecule has 0 radical (unpaired) electrons. The Labute approximate surface area is 118 Å². The van der Waals surface area contributed by atoms with Gasteiger partial charge in [-0.05, 0) is 36.1 Å². The molecule has 0 bridgehead atoms. The monoisotopic (exact) mass is 294 g/mol. The first-order valence-corrected chi connectivity index (χ1v) is 7.84. The van der Waals surface area contributed by atoms with E-state index in [1.165, 1.54) is 11.3 Å². The fourth-order valence-electron chi connectivity index (χ4n) is 1.56. The molecule has 1 aromatic carbocycles. The zero-order valence-electron chi connectivity index (χ0n) is 10.4. The first-order chi connectivity index (χ1) is 9.08. The minimum atomic E-state index is -1.29. The first-order valence-electron chi connectivity index (χ1n) is 5.65. The third-order valence-electron chi connectivity index (χ3n) is 2.63. The number of thiophene rings is 1. The van der Waals surface area contributed by atoms with Gasteiger partial charge < -0.3 is 11.1 Å². The molecule has 1 amide bonds. The van der Waals surface area contributed by atoms with Gasteiger partial charge in [-0.15, -0.1) is 11.3 Å². The number of anilines is 2. The van der Waals surface area contributed by atoms with Gasteiger partial charge in [0.2, 0.25) is 5.91 Å². The highest BCUT2D eigenvalue weighted by molar-refractivity contribution is 7.88. The molecular weight excluding hydrogens is 280 g/mol. The molecular formula is C13H14N2O2S2. The Bertz CT molecular complexity index is 609. The average Bonchev–Trinajstić information content (AvgIpc) is 2.88. The quantitative estimate of drug-likeness (QED) is 0.850. The molecule has 0 fully saturated rings. The molecule has 0 aliphatic carbocycles. The number of carbonyl (C=O) groups excluding carboxylic acids is 1. The lowest BCUT2D eigenvalue weighted by molar-refractivity contribution is -0.113. The summed E-state index contributed by atoms with van der Waals surface area (Å²) in [7, 11) is -1.29. The van der Waals surface area contributed by atoms with Crippen LogP contribution in [0.15, 0.2) is 39.9 Å². The lowest BCUT2D eigenvalue weighted by Crippen LogP contribution is -2.19. The summed E-state index contributed by atoms with van der Waals surface area (Å²) in [5.74, 6) is -0.324. The van der Waals surface area contributed by atoms with Crippen molar-refractivity contribution in [3.05, 3.63) is 41.3 Å². The van der Waals surface area contributed by atoms with Gasteiger partial charge in [-0.25, -0.2) is 0 Å². The zero-order chi connectivity index (χ0) is 13.8. The van der Waals surface area contributed by atoms with Crippen LogP contribution in [0.3, 0.4) is 0 Å². The number of hydrogen-bond donors (Lipinski definition) is 2. The third-order valence-corrected chi connectivity index (χ3v) is 5.25. The van der Waals surface area contributed by atoms with Crippen LogP contribution < -0.4 is 11.1 Å². The number of benzene rings is 1. The van der Waals surface area contributed by atoms with Gasteiger partial charge in [0, 0.05) is 11.4 Å². The summed E-state index contributed by atoms with van der Waals surface area (Å²) < 4.78 is 12.6. The van der Waals surface area contributed by atoms with E-state index in [2.05, 4.69) is 5.32 Å². The predicted molar refractivity (Wildman–Crippen MR) is 79.8 cm³/mol. The molecule has 0 saturated carbocycles. The molecule has 1 aromatic heterocycles. The van der Waals surface area contributed by atoms with Gasteiger partial charge >= 0.3 is 0 Å². The lowest BCUT2D eigenvalue weighted by atomic mass is 10.1. The van der Waals surface area contributed by atoms with Gasteiger partial charge in [0.1, 0.15) is 5.75 Å². The summed E-state index contributed by atoms with van der Waals surface area (Å²) in [6.07, 6.45) is 0. The van der Waals surface area contributed by atoms with Crippen LogP contribution in [0.25, 0.3) is 0 Å². The maximum Gasteiger partial charge on any atom is 0.237 e. The number of rotatable bonds is 4. The fraction of sp³-hybridized carbons (Fsp3) is 0.154. The van der Waals surface area contributed by atoms with Crippen molar-refractivity contribution in [3.63, 3.8) is 0 Å². The summed E-state index contributed by atoms with van der Waals surface area (Å²) in [6.45, 7) is 1.83. The number of amides is 1. The van der Waals surface area contributed by atoms with E-state index in [0.29, 0.717) is 15.6 Å². The Morgan fingerprint density at radius 1 is 1.37 bits per heavy atom. The molecule has 2 aromatic rings. The molecule has 100 valence electrons. The van der Waals surface area contributed by atoms with E-state index < -0.39 is 10.8 Å². The highest BCUT2D eigenvalue weighted by Crippen LogP contribution is 2.20. The molecule has 0 aliphatic heterocycles. The number of nitrogens with two attached hydrogens (primary N) is 1. The molecule has 3 N–H and O–H groups in total. The van der Waals surface area contributed by atoms with Gasteiger partial charge in [-0.3, -0.25) is 9.00 Å². The number of nitrogen functional groups attached to an aromatic ring is 1. The standard InChI is InChI=1S/C13H14N2O2S2/c1-9-10(14)4-2-5-11(9)15-12(16)8-19(17)13-6-3-7-18-13/h2-7H,8,14H2,1H3,(H,15,16). The minimum absolute atomic E-state index is 0.0469. The lowest BCUT2D eigenvalue weighted by Gasteiger charge is -2.09. The van der Waals surface area contributed by atoms with Crippen LogP contribution in [-0.4, -0.2) is 15.9 Å². The molecule has 0 aliphatic rings. The minimum Gasteiger partial charge on any atom is -0.398 e. The van der Waals surface area contributed by atoms with Crippen LogP contribution in [0, 0.1) is 6.92 Å². The van der Waals surface area contributed by atoms with Crippen molar-refractivity contribution in [2.75, 3.05) is 16.8 Å². The Morgan fingerprint density at radius 2 is 2.16 bits per heavy atom. The second-order valence-corrected chi connectivity index (χ2v) is 6.62. The van der Waals surface area contributed by atoms with Gasteiger partial charge in [-0.2, -0.15) is 0 Å². The third kappa shape index (κ3) is 3.42. The first kappa shape index (κ1) is 13.8. The average molecular weight is 294 g/mol. The SMILES string of the molecule is Cc1c(N)cccc1NC(=O)CS(=O)c1cccs1. The van der Waals surface area contributed by atoms with Gasteiger partial charge in [0.25, 0.3) is 0 Å². The Kier molecular flexibility index (Phi) is 4.34.